The fraction of sp³-hybridized carbons (Fsp3) is 0. The molecule has 1 aromatic heterocycles. The van der Waals surface area contributed by atoms with E-state index < -0.39 is 0 Å². The monoisotopic (exact) mass is 382 g/mol. The van der Waals surface area contributed by atoms with E-state index in [-0.39, 0.29) is 5.91 Å². The van der Waals surface area contributed by atoms with E-state index >= 15 is 0 Å². The van der Waals surface area contributed by atoms with Gasteiger partial charge in [0, 0.05) is 16.1 Å². The summed E-state index contributed by atoms with van der Waals surface area (Å²) in [6, 6.07) is 19.4. The Bertz CT molecular complexity index is 1090. The Balaban J connectivity index is 1.67. The number of nitrogens with zero attached hydrogens (tertiary/aromatic N) is 1. The average Bonchev–Trinajstić information content (AvgIpc) is 3.07. The van der Waals surface area contributed by atoms with Gasteiger partial charge in [-0.25, -0.2) is 4.98 Å². The highest BCUT2D eigenvalue weighted by molar-refractivity contribution is 6.34. The standard InChI is InChI=1S/C20H12Cl2N2O2/c21-14-5-3-4-12(10-14)19(25)23-17-11-13(8-9-15(17)22)20-24-16-6-1-2-7-18(16)26-20/h1-11H,(H,23,25). The number of para-hydroxylation sites is 2. The molecule has 4 nitrogen and oxygen atoms in total. The Labute approximate surface area is 159 Å². The molecule has 0 bridgehead atoms. The minimum atomic E-state index is -0.302. The number of amides is 1. The van der Waals surface area contributed by atoms with E-state index in [9.17, 15) is 4.79 Å². The van der Waals surface area contributed by atoms with Crippen LogP contribution in [0.1, 0.15) is 10.4 Å². The summed E-state index contributed by atoms with van der Waals surface area (Å²) >= 11 is 12.2. The van der Waals surface area contributed by atoms with E-state index in [1.165, 1.54) is 0 Å². The van der Waals surface area contributed by atoms with Gasteiger partial charge in [0.05, 0.1) is 10.7 Å². The van der Waals surface area contributed by atoms with E-state index in [1.807, 2.05) is 24.3 Å². The van der Waals surface area contributed by atoms with E-state index in [0.717, 1.165) is 5.52 Å². The van der Waals surface area contributed by atoms with Crippen LogP contribution in [-0.4, -0.2) is 10.9 Å². The first-order chi connectivity index (χ1) is 12.6. The van der Waals surface area contributed by atoms with E-state index in [2.05, 4.69) is 10.3 Å². The molecule has 0 spiro atoms. The van der Waals surface area contributed by atoms with Crippen LogP contribution in [0.2, 0.25) is 10.0 Å². The molecular weight excluding hydrogens is 371 g/mol. The second-order valence-corrected chi connectivity index (χ2v) is 6.49. The highest BCUT2D eigenvalue weighted by Crippen LogP contribution is 2.30. The molecule has 4 rings (SSSR count). The van der Waals surface area contributed by atoms with Crippen molar-refractivity contribution < 1.29 is 9.21 Å². The van der Waals surface area contributed by atoms with Crippen LogP contribution < -0.4 is 5.32 Å². The normalized spacial score (nSPS) is 10.8. The van der Waals surface area contributed by atoms with Gasteiger partial charge >= 0.3 is 0 Å². The molecule has 0 unspecified atom stereocenters. The third-order valence-electron chi connectivity index (χ3n) is 3.84. The third kappa shape index (κ3) is 3.29. The summed E-state index contributed by atoms with van der Waals surface area (Å²) in [7, 11) is 0. The van der Waals surface area contributed by atoms with Gasteiger partial charge < -0.3 is 9.73 Å². The molecule has 0 saturated heterocycles. The number of hydrogen-bond acceptors (Lipinski definition) is 3. The van der Waals surface area contributed by atoms with Crippen molar-refractivity contribution in [2.75, 3.05) is 5.32 Å². The first kappa shape index (κ1) is 16.6. The maximum atomic E-state index is 12.4. The average molecular weight is 383 g/mol. The summed E-state index contributed by atoms with van der Waals surface area (Å²) < 4.78 is 5.77. The van der Waals surface area contributed by atoms with Crippen LogP contribution in [0.15, 0.2) is 71.1 Å². The van der Waals surface area contributed by atoms with Gasteiger partial charge in [0.1, 0.15) is 5.52 Å². The molecule has 1 heterocycles. The predicted molar refractivity (Wildman–Crippen MR) is 104 cm³/mol. The highest BCUT2D eigenvalue weighted by Gasteiger charge is 2.13. The number of halogens is 2. The van der Waals surface area contributed by atoms with E-state index in [1.54, 1.807) is 42.5 Å². The number of nitrogens with one attached hydrogen (secondary N) is 1. The van der Waals surface area contributed by atoms with Crippen molar-refractivity contribution in [1.29, 1.82) is 0 Å². The van der Waals surface area contributed by atoms with Crippen LogP contribution in [0.3, 0.4) is 0 Å². The molecule has 128 valence electrons. The van der Waals surface area contributed by atoms with Crippen molar-refractivity contribution >= 4 is 45.9 Å². The number of carbonyl (C=O) groups excluding carboxylic acids is 1. The SMILES string of the molecule is O=C(Nc1cc(-c2nc3ccccc3o2)ccc1Cl)c1cccc(Cl)c1. The minimum absolute atomic E-state index is 0.302. The van der Waals surface area contributed by atoms with Crippen LogP contribution in [0.25, 0.3) is 22.6 Å². The Hall–Kier alpha value is -2.82. The van der Waals surface area contributed by atoms with Gasteiger partial charge in [0.15, 0.2) is 5.58 Å². The first-order valence-electron chi connectivity index (χ1n) is 7.82. The molecule has 3 aromatic carbocycles. The summed E-state index contributed by atoms with van der Waals surface area (Å²) in [4.78, 5) is 16.9. The van der Waals surface area contributed by atoms with Gasteiger partial charge in [-0.15, -0.1) is 0 Å². The fourth-order valence-electron chi connectivity index (χ4n) is 2.57. The molecule has 26 heavy (non-hydrogen) atoms. The maximum absolute atomic E-state index is 12.4. The number of aromatic nitrogens is 1. The Morgan fingerprint density at radius 3 is 2.62 bits per heavy atom. The summed E-state index contributed by atoms with van der Waals surface area (Å²) in [5, 5.41) is 3.71. The lowest BCUT2D eigenvalue weighted by Gasteiger charge is -2.09. The molecule has 4 aromatic rings. The topological polar surface area (TPSA) is 55.1 Å². The van der Waals surface area contributed by atoms with Crippen LogP contribution in [0.5, 0.6) is 0 Å². The molecule has 0 fully saturated rings. The van der Waals surface area contributed by atoms with Gasteiger partial charge in [0.25, 0.3) is 5.91 Å². The van der Waals surface area contributed by atoms with Crippen molar-refractivity contribution in [3.63, 3.8) is 0 Å². The summed E-state index contributed by atoms with van der Waals surface area (Å²) in [5.74, 6) is 0.158. The van der Waals surface area contributed by atoms with Crippen molar-refractivity contribution in [2.24, 2.45) is 0 Å². The minimum Gasteiger partial charge on any atom is -0.436 e. The van der Waals surface area contributed by atoms with Crippen LogP contribution in [0.4, 0.5) is 5.69 Å². The fourth-order valence-corrected chi connectivity index (χ4v) is 2.93. The number of benzene rings is 3. The predicted octanol–water partition coefficient (Wildman–Crippen LogP) is 6.05. The lowest BCUT2D eigenvalue weighted by molar-refractivity contribution is 0.102. The third-order valence-corrected chi connectivity index (χ3v) is 4.41. The Kier molecular flexibility index (Phi) is 4.37. The number of carbonyl (C=O) groups is 1. The number of fused-ring (bicyclic) bond motifs is 1. The van der Waals surface area contributed by atoms with Gasteiger partial charge in [0.2, 0.25) is 5.89 Å². The van der Waals surface area contributed by atoms with Gasteiger partial charge in [-0.05, 0) is 48.5 Å². The smallest absolute Gasteiger partial charge is 0.255 e. The Morgan fingerprint density at radius 1 is 0.962 bits per heavy atom. The largest absolute Gasteiger partial charge is 0.436 e. The summed E-state index contributed by atoms with van der Waals surface area (Å²) in [6.07, 6.45) is 0. The van der Waals surface area contributed by atoms with Crippen molar-refractivity contribution in [1.82, 2.24) is 4.98 Å². The number of anilines is 1. The molecule has 0 atom stereocenters. The number of rotatable bonds is 3. The van der Waals surface area contributed by atoms with Crippen molar-refractivity contribution in [2.45, 2.75) is 0 Å². The van der Waals surface area contributed by atoms with Crippen LogP contribution in [0, 0.1) is 0 Å². The zero-order valence-corrected chi connectivity index (χ0v) is 14.9. The lowest BCUT2D eigenvalue weighted by atomic mass is 10.1. The molecule has 0 aliphatic carbocycles. The van der Waals surface area contributed by atoms with Crippen LogP contribution >= 0.6 is 23.2 Å². The molecule has 0 aliphatic rings. The van der Waals surface area contributed by atoms with Crippen LogP contribution in [-0.2, 0) is 0 Å². The zero-order chi connectivity index (χ0) is 18.1. The molecule has 1 N–H and O–H groups in total. The molecule has 0 aliphatic heterocycles. The van der Waals surface area contributed by atoms with Gasteiger partial charge in [-0.2, -0.15) is 0 Å². The van der Waals surface area contributed by atoms with E-state index in [0.29, 0.717) is 38.3 Å². The second kappa shape index (κ2) is 6.83. The molecule has 0 saturated carbocycles. The van der Waals surface area contributed by atoms with E-state index in [4.69, 9.17) is 27.6 Å². The summed E-state index contributed by atoms with van der Waals surface area (Å²) in [6.45, 7) is 0. The highest BCUT2D eigenvalue weighted by atomic mass is 35.5. The molecule has 1 amide bonds. The van der Waals surface area contributed by atoms with Gasteiger partial charge in [-0.1, -0.05) is 41.4 Å². The quantitative estimate of drug-likeness (QED) is 0.468. The Morgan fingerprint density at radius 2 is 1.81 bits per heavy atom. The van der Waals surface area contributed by atoms with Crippen molar-refractivity contribution in [3.8, 4) is 11.5 Å². The molecule has 0 radical (unpaired) electrons. The molecule has 6 heteroatoms. The second-order valence-electron chi connectivity index (χ2n) is 5.65. The van der Waals surface area contributed by atoms with Crippen molar-refractivity contribution in [3.05, 3.63) is 82.3 Å². The number of oxazole rings is 1. The lowest BCUT2D eigenvalue weighted by Crippen LogP contribution is -2.12. The first-order valence-corrected chi connectivity index (χ1v) is 8.58. The maximum Gasteiger partial charge on any atom is 0.255 e. The summed E-state index contributed by atoms with van der Waals surface area (Å²) in [5.41, 5.74) is 3.09. The zero-order valence-electron chi connectivity index (χ0n) is 13.4. The molecular formula is C20H12Cl2N2O2. The van der Waals surface area contributed by atoms with Gasteiger partial charge in [-0.3, -0.25) is 4.79 Å². The number of hydrogen-bond donors (Lipinski definition) is 1.